The Balaban J connectivity index is 1.79. The summed E-state index contributed by atoms with van der Waals surface area (Å²) in [5, 5.41) is 8.77. The molecule has 4 rings (SSSR count). The summed E-state index contributed by atoms with van der Waals surface area (Å²) in [5.74, 6) is 0.814. The lowest BCUT2D eigenvalue weighted by Crippen LogP contribution is -2.09. The summed E-state index contributed by atoms with van der Waals surface area (Å²) >= 11 is 0. The first-order valence-electron chi connectivity index (χ1n) is 8.35. The predicted molar refractivity (Wildman–Crippen MR) is 94.5 cm³/mol. The Bertz CT molecular complexity index is 953. The SMILES string of the molecule is C=CC(=O)CC1C=C(c2ccnc3[nH]cc(-c4nnco4)c23)CCC1. The smallest absolute Gasteiger partial charge is 0.249 e. The molecule has 0 saturated heterocycles. The van der Waals surface area contributed by atoms with Crippen LogP contribution in [0.5, 0.6) is 0 Å². The Kier molecular flexibility index (Phi) is 4.01. The van der Waals surface area contributed by atoms with Crippen molar-refractivity contribution in [2.24, 2.45) is 5.92 Å². The second-order valence-corrected chi connectivity index (χ2v) is 6.25. The predicted octanol–water partition coefficient (Wildman–Crippen LogP) is 3.94. The maximum absolute atomic E-state index is 11.7. The minimum atomic E-state index is 0.0931. The number of carbonyl (C=O) groups excluding carboxylic acids is 1. The van der Waals surface area contributed by atoms with Crippen LogP contribution >= 0.6 is 0 Å². The van der Waals surface area contributed by atoms with Gasteiger partial charge in [-0.1, -0.05) is 12.7 Å². The quantitative estimate of drug-likeness (QED) is 0.714. The van der Waals surface area contributed by atoms with E-state index in [1.54, 1.807) is 6.20 Å². The molecule has 0 aromatic carbocycles. The van der Waals surface area contributed by atoms with Crippen LogP contribution in [0.1, 0.15) is 31.2 Å². The van der Waals surface area contributed by atoms with Crippen molar-refractivity contribution < 1.29 is 9.21 Å². The monoisotopic (exact) mass is 334 g/mol. The van der Waals surface area contributed by atoms with E-state index in [1.807, 2.05) is 12.3 Å². The topological polar surface area (TPSA) is 84.7 Å². The average molecular weight is 334 g/mol. The Morgan fingerprint density at radius 1 is 1.44 bits per heavy atom. The number of pyridine rings is 1. The number of aromatic nitrogens is 4. The fraction of sp³-hybridized carbons (Fsp3) is 0.263. The molecule has 0 spiro atoms. The van der Waals surface area contributed by atoms with Crippen molar-refractivity contribution in [3.8, 4) is 11.5 Å². The van der Waals surface area contributed by atoms with Crippen LogP contribution in [0.4, 0.5) is 0 Å². The molecule has 3 aromatic rings. The summed E-state index contributed by atoms with van der Waals surface area (Å²) in [5.41, 5.74) is 3.98. The molecular weight excluding hydrogens is 316 g/mol. The highest BCUT2D eigenvalue weighted by atomic mass is 16.4. The van der Waals surface area contributed by atoms with Gasteiger partial charge in [-0.3, -0.25) is 4.79 Å². The van der Waals surface area contributed by atoms with Crippen molar-refractivity contribution in [1.82, 2.24) is 20.2 Å². The number of allylic oxidation sites excluding steroid dienone is 3. The van der Waals surface area contributed by atoms with Gasteiger partial charge in [0, 0.05) is 24.2 Å². The molecule has 25 heavy (non-hydrogen) atoms. The zero-order chi connectivity index (χ0) is 17.2. The molecule has 1 aliphatic carbocycles. The van der Waals surface area contributed by atoms with Gasteiger partial charge in [-0.2, -0.15) is 0 Å². The molecule has 126 valence electrons. The number of H-pyrrole nitrogens is 1. The zero-order valence-corrected chi connectivity index (χ0v) is 13.7. The molecule has 0 radical (unpaired) electrons. The summed E-state index contributed by atoms with van der Waals surface area (Å²) in [7, 11) is 0. The number of nitrogens with zero attached hydrogens (tertiary/aromatic N) is 3. The summed E-state index contributed by atoms with van der Waals surface area (Å²) in [6.07, 6.45) is 12.2. The fourth-order valence-corrected chi connectivity index (χ4v) is 3.52. The largest absolute Gasteiger partial charge is 0.423 e. The third kappa shape index (κ3) is 2.91. The zero-order valence-electron chi connectivity index (χ0n) is 13.7. The highest BCUT2D eigenvalue weighted by Gasteiger charge is 2.21. The van der Waals surface area contributed by atoms with Gasteiger partial charge in [0.05, 0.1) is 5.56 Å². The second-order valence-electron chi connectivity index (χ2n) is 6.25. The molecule has 1 N–H and O–H groups in total. The minimum absolute atomic E-state index is 0.0931. The van der Waals surface area contributed by atoms with E-state index in [9.17, 15) is 4.79 Å². The molecule has 0 fully saturated rings. The molecule has 1 aliphatic rings. The number of fused-ring (bicyclic) bond motifs is 1. The molecule has 6 nitrogen and oxygen atoms in total. The van der Waals surface area contributed by atoms with Crippen LogP contribution in [0.2, 0.25) is 0 Å². The lowest BCUT2D eigenvalue weighted by atomic mass is 9.84. The standard InChI is InChI=1S/C19H18N4O2/c1-2-14(24)9-12-4-3-5-13(8-12)15-6-7-20-18-17(15)16(10-21-18)19-23-22-11-25-19/h2,6-8,10-12H,1,3-5,9H2,(H,20,21). The molecule has 1 atom stereocenters. The van der Waals surface area contributed by atoms with Gasteiger partial charge < -0.3 is 9.40 Å². The number of hydrogen-bond acceptors (Lipinski definition) is 5. The molecule has 0 aliphatic heterocycles. The van der Waals surface area contributed by atoms with E-state index >= 15 is 0 Å². The van der Waals surface area contributed by atoms with Gasteiger partial charge in [0.2, 0.25) is 12.3 Å². The van der Waals surface area contributed by atoms with Gasteiger partial charge in [0.1, 0.15) is 5.65 Å². The van der Waals surface area contributed by atoms with Crippen molar-refractivity contribution in [1.29, 1.82) is 0 Å². The molecule has 0 amide bonds. The van der Waals surface area contributed by atoms with Gasteiger partial charge in [0.15, 0.2) is 5.78 Å². The van der Waals surface area contributed by atoms with Crippen LogP contribution in [0.25, 0.3) is 28.1 Å². The van der Waals surface area contributed by atoms with Gasteiger partial charge in [-0.15, -0.1) is 10.2 Å². The lowest BCUT2D eigenvalue weighted by molar-refractivity contribution is -0.115. The molecule has 0 saturated carbocycles. The van der Waals surface area contributed by atoms with Crippen molar-refractivity contribution in [3.63, 3.8) is 0 Å². The van der Waals surface area contributed by atoms with E-state index < -0.39 is 0 Å². The fourth-order valence-electron chi connectivity index (χ4n) is 3.52. The maximum atomic E-state index is 11.7. The first kappa shape index (κ1) is 15.5. The Labute approximate surface area is 144 Å². The van der Waals surface area contributed by atoms with Crippen molar-refractivity contribution in [2.45, 2.75) is 25.7 Å². The van der Waals surface area contributed by atoms with E-state index in [-0.39, 0.29) is 11.7 Å². The van der Waals surface area contributed by atoms with Crippen LogP contribution in [0, 0.1) is 5.92 Å². The average Bonchev–Trinajstić information content (AvgIpc) is 3.30. The summed E-state index contributed by atoms with van der Waals surface area (Å²) in [6, 6.07) is 2.01. The molecule has 3 aromatic heterocycles. The van der Waals surface area contributed by atoms with E-state index in [2.05, 4.69) is 32.8 Å². The van der Waals surface area contributed by atoms with E-state index in [0.717, 1.165) is 41.4 Å². The third-order valence-electron chi connectivity index (χ3n) is 4.66. The van der Waals surface area contributed by atoms with Crippen molar-refractivity contribution >= 4 is 22.4 Å². The third-order valence-corrected chi connectivity index (χ3v) is 4.66. The lowest BCUT2D eigenvalue weighted by Gasteiger charge is -2.21. The number of ketones is 1. The van der Waals surface area contributed by atoms with Crippen molar-refractivity contribution in [3.05, 3.63) is 49.1 Å². The normalized spacial score (nSPS) is 17.4. The first-order valence-corrected chi connectivity index (χ1v) is 8.35. The number of aromatic amines is 1. The summed E-state index contributed by atoms with van der Waals surface area (Å²) in [6.45, 7) is 3.57. The molecule has 0 bridgehead atoms. The number of rotatable bonds is 5. The van der Waals surface area contributed by atoms with E-state index in [0.29, 0.717) is 12.3 Å². The van der Waals surface area contributed by atoms with Gasteiger partial charge in [-0.05, 0) is 48.5 Å². The van der Waals surface area contributed by atoms with Gasteiger partial charge >= 0.3 is 0 Å². The molecular formula is C19H18N4O2. The van der Waals surface area contributed by atoms with Crippen LogP contribution in [-0.2, 0) is 4.79 Å². The molecule has 1 unspecified atom stereocenters. The highest BCUT2D eigenvalue weighted by molar-refractivity contribution is 6.00. The summed E-state index contributed by atoms with van der Waals surface area (Å²) < 4.78 is 5.37. The Hall–Kier alpha value is -3.02. The van der Waals surface area contributed by atoms with Crippen LogP contribution in [0.3, 0.4) is 0 Å². The molecule has 3 heterocycles. The van der Waals surface area contributed by atoms with Gasteiger partial charge in [-0.25, -0.2) is 4.98 Å². The number of carbonyl (C=O) groups is 1. The maximum Gasteiger partial charge on any atom is 0.249 e. The number of hydrogen-bond donors (Lipinski definition) is 1. The van der Waals surface area contributed by atoms with E-state index in [4.69, 9.17) is 4.42 Å². The Morgan fingerprint density at radius 3 is 3.16 bits per heavy atom. The highest BCUT2D eigenvalue weighted by Crippen LogP contribution is 2.37. The van der Waals surface area contributed by atoms with Gasteiger partial charge in [0.25, 0.3) is 0 Å². The second kappa shape index (κ2) is 6.47. The summed E-state index contributed by atoms with van der Waals surface area (Å²) in [4.78, 5) is 19.3. The number of nitrogens with one attached hydrogen (secondary N) is 1. The van der Waals surface area contributed by atoms with Crippen molar-refractivity contribution in [2.75, 3.05) is 0 Å². The minimum Gasteiger partial charge on any atom is -0.423 e. The first-order chi connectivity index (χ1) is 12.3. The van der Waals surface area contributed by atoms with E-state index in [1.165, 1.54) is 18.0 Å². The Morgan fingerprint density at radius 2 is 2.36 bits per heavy atom. The van der Waals surface area contributed by atoms with Crippen LogP contribution in [0.15, 0.2) is 48.0 Å². The van der Waals surface area contributed by atoms with Crippen LogP contribution in [-0.4, -0.2) is 25.9 Å². The molecule has 6 heteroatoms. The van der Waals surface area contributed by atoms with Crippen LogP contribution < -0.4 is 0 Å².